The number of aromatic nitrogens is 1. The van der Waals surface area contributed by atoms with E-state index in [4.69, 9.17) is 4.42 Å². The van der Waals surface area contributed by atoms with Crippen LogP contribution < -0.4 is 5.32 Å². The number of nitrogens with one attached hydrogen (secondary N) is 1. The highest BCUT2D eigenvalue weighted by atomic mass is 127. The van der Waals surface area contributed by atoms with Gasteiger partial charge >= 0.3 is 0 Å². The molecule has 0 atom stereocenters. The van der Waals surface area contributed by atoms with Crippen molar-refractivity contribution >= 4 is 22.6 Å². The van der Waals surface area contributed by atoms with Crippen LogP contribution in [0.3, 0.4) is 0 Å². The Morgan fingerprint density at radius 2 is 2.00 bits per heavy atom. The Hall–Kier alpha value is -0.880. The summed E-state index contributed by atoms with van der Waals surface area (Å²) in [6.07, 6.45) is 4.66. The van der Waals surface area contributed by atoms with E-state index in [2.05, 4.69) is 32.9 Å². The van der Waals surface area contributed by atoms with Crippen molar-refractivity contribution in [1.29, 1.82) is 0 Å². The largest absolute Gasteiger partial charge is 0.454 e. The van der Waals surface area contributed by atoms with Gasteiger partial charge in [0.05, 0.1) is 6.54 Å². The van der Waals surface area contributed by atoms with Crippen molar-refractivity contribution in [3.63, 3.8) is 0 Å². The van der Waals surface area contributed by atoms with Gasteiger partial charge in [0.15, 0.2) is 3.77 Å². The molecule has 84 valence electrons. The Morgan fingerprint density at radius 3 is 2.69 bits per heavy atom. The average molecular weight is 328 g/mol. The SMILES string of the molecule is Ic1ccc(CNCCc2ccncc2)o1. The topological polar surface area (TPSA) is 38.1 Å². The molecule has 2 aromatic rings. The Balaban J connectivity index is 1.69. The first kappa shape index (κ1) is 11.6. The summed E-state index contributed by atoms with van der Waals surface area (Å²) in [6.45, 7) is 1.73. The number of pyridine rings is 1. The number of rotatable bonds is 5. The van der Waals surface area contributed by atoms with Gasteiger partial charge in [-0.3, -0.25) is 4.98 Å². The Kier molecular flexibility index (Phi) is 4.35. The fraction of sp³-hybridized carbons (Fsp3) is 0.250. The number of hydrogen-bond acceptors (Lipinski definition) is 3. The summed E-state index contributed by atoms with van der Waals surface area (Å²) in [5, 5.41) is 3.35. The minimum Gasteiger partial charge on any atom is -0.454 e. The van der Waals surface area contributed by atoms with E-state index in [9.17, 15) is 0 Å². The molecule has 4 heteroatoms. The number of nitrogens with zero attached hydrogens (tertiary/aromatic N) is 1. The van der Waals surface area contributed by atoms with Gasteiger partial charge in [0.25, 0.3) is 0 Å². The maximum Gasteiger partial charge on any atom is 0.164 e. The summed E-state index contributed by atoms with van der Waals surface area (Å²) in [5.74, 6) is 0.985. The molecule has 0 aromatic carbocycles. The fourth-order valence-corrected chi connectivity index (χ4v) is 1.90. The molecule has 0 aliphatic heterocycles. The molecule has 2 heterocycles. The number of halogens is 1. The molecule has 0 radical (unpaired) electrons. The highest BCUT2D eigenvalue weighted by Crippen LogP contribution is 2.09. The molecule has 3 nitrogen and oxygen atoms in total. The lowest BCUT2D eigenvalue weighted by molar-refractivity contribution is 0.464. The van der Waals surface area contributed by atoms with Gasteiger partial charge in [-0.05, 0) is 65.4 Å². The Morgan fingerprint density at radius 1 is 1.19 bits per heavy atom. The second-order valence-electron chi connectivity index (χ2n) is 3.49. The monoisotopic (exact) mass is 328 g/mol. The maximum absolute atomic E-state index is 5.45. The molecule has 0 amide bonds. The van der Waals surface area contributed by atoms with E-state index < -0.39 is 0 Å². The summed E-state index contributed by atoms with van der Waals surface area (Å²) in [6, 6.07) is 8.05. The Bertz CT molecular complexity index is 428. The summed E-state index contributed by atoms with van der Waals surface area (Å²) < 4.78 is 6.38. The van der Waals surface area contributed by atoms with Crippen molar-refractivity contribution in [2.45, 2.75) is 13.0 Å². The standard InChI is InChI=1S/C12H13IN2O/c13-12-2-1-11(16-12)9-15-8-5-10-3-6-14-7-4-10/h1-4,6-7,15H,5,8-9H2. The van der Waals surface area contributed by atoms with Gasteiger partial charge < -0.3 is 9.73 Å². The lowest BCUT2D eigenvalue weighted by Crippen LogP contribution is -2.16. The van der Waals surface area contributed by atoms with Crippen LogP contribution in [-0.4, -0.2) is 11.5 Å². The first-order valence-electron chi connectivity index (χ1n) is 5.18. The molecule has 0 aliphatic carbocycles. The predicted molar refractivity (Wildman–Crippen MR) is 71.1 cm³/mol. The van der Waals surface area contributed by atoms with Crippen molar-refractivity contribution in [2.75, 3.05) is 6.54 Å². The molecule has 2 aromatic heterocycles. The quantitative estimate of drug-likeness (QED) is 0.677. The van der Waals surface area contributed by atoms with Crippen LogP contribution >= 0.6 is 22.6 Å². The smallest absolute Gasteiger partial charge is 0.164 e. The highest BCUT2D eigenvalue weighted by molar-refractivity contribution is 14.1. The second-order valence-corrected chi connectivity index (χ2v) is 4.55. The minimum absolute atomic E-state index is 0.786. The van der Waals surface area contributed by atoms with Crippen LogP contribution in [-0.2, 0) is 13.0 Å². The van der Waals surface area contributed by atoms with Crippen LogP contribution in [0.5, 0.6) is 0 Å². The minimum atomic E-state index is 0.786. The van der Waals surface area contributed by atoms with Gasteiger partial charge in [-0.25, -0.2) is 0 Å². The summed E-state index contributed by atoms with van der Waals surface area (Å²) in [4.78, 5) is 3.99. The molecule has 0 saturated heterocycles. The third-order valence-electron chi connectivity index (χ3n) is 2.27. The maximum atomic E-state index is 5.45. The molecule has 0 saturated carbocycles. The third-order valence-corrected chi connectivity index (χ3v) is 2.85. The van der Waals surface area contributed by atoms with Crippen LogP contribution in [0.2, 0.25) is 0 Å². The van der Waals surface area contributed by atoms with Crippen LogP contribution in [0.25, 0.3) is 0 Å². The van der Waals surface area contributed by atoms with E-state index in [0.29, 0.717) is 0 Å². The zero-order valence-electron chi connectivity index (χ0n) is 8.82. The van der Waals surface area contributed by atoms with Gasteiger partial charge in [0.2, 0.25) is 0 Å². The molecule has 0 aliphatic rings. The lowest BCUT2D eigenvalue weighted by atomic mass is 10.2. The molecule has 0 fully saturated rings. The van der Waals surface area contributed by atoms with Gasteiger partial charge in [0, 0.05) is 12.4 Å². The van der Waals surface area contributed by atoms with E-state index in [1.54, 1.807) is 0 Å². The highest BCUT2D eigenvalue weighted by Gasteiger charge is 1.98. The van der Waals surface area contributed by atoms with Crippen molar-refractivity contribution in [2.24, 2.45) is 0 Å². The molecular weight excluding hydrogens is 315 g/mol. The van der Waals surface area contributed by atoms with Gasteiger partial charge in [0.1, 0.15) is 5.76 Å². The van der Waals surface area contributed by atoms with Gasteiger partial charge in [-0.2, -0.15) is 0 Å². The number of hydrogen-bond donors (Lipinski definition) is 1. The predicted octanol–water partition coefficient (Wildman–Crippen LogP) is 2.61. The average Bonchev–Trinajstić information content (AvgIpc) is 2.72. The van der Waals surface area contributed by atoms with Crippen LogP contribution in [0, 0.1) is 3.77 Å². The van der Waals surface area contributed by atoms with Gasteiger partial charge in [-0.1, -0.05) is 0 Å². The molecule has 2 rings (SSSR count). The van der Waals surface area contributed by atoms with Crippen molar-refractivity contribution in [1.82, 2.24) is 10.3 Å². The first-order valence-corrected chi connectivity index (χ1v) is 6.26. The van der Waals surface area contributed by atoms with Crippen molar-refractivity contribution < 1.29 is 4.42 Å². The van der Waals surface area contributed by atoms with Crippen LogP contribution in [0.4, 0.5) is 0 Å². The summed E-state index contributed by atoms with van der Waals surface area (Å²) in [5.41, 5.74) is 1.30. The summed E-state index contributed by atoms with van der Waals surface area (Å²) >= 11 is 2.17. The van der Waals surface area contributed by atoms with E-state index in [-0.39, 0.29) is 0 Å². The van der Waals surface area contributed by atoms with E-state index in [1.165, 1.54) is 5.56 Å². The molecule has 0 unspecified atom stereocenters. The molecule has 16 heavy (non-hydrogen) atoms. The molecule has 1 N–H and O–H groups in total. The second kappa shape index (κ2) is 6.00. The van der Waals surface area contributed by atoms with Crippen molar-refractivity contribution in [3.8, 4) is 0 Å². The first-order chi connectivity index (χ1) is 7.84. The van der Waals surface area contributed by atoms with E-state index >= 15 is 0 Å². The fourth-order valence-electron chi connectivity index (χ4n) is 1.44. The Labute approximate surface area is 108 Å². The zero-order chi connectivity index (χ0) is 11.2. The molecule has 0 spiro atoms. The normalized spacial score (nSPS) is 10.6. The summed E-state index contributed by atoms with van der Waals surface area (Å²) in [7, 11) is 0. The lowest BCUT2D eigenvalue weighted by Gasteiger charge is -2.02. The number of furan rings is 1. The van der Waals surface area contributed by atoms with Gasteiger partial charge in [-0.15, -0.1) is 0 Å². The van der Waals surface area contributed by atoms with Crippen LogP contribution in [0.1, 0.15) is 11.3 Å². The van der Waals surface area contributed by atoms with Crippen molar-refractivity contribution in [3.05, 3.63) is 51.7 Å². The molecule has 0 bridgehead atoms. The molecular formula is C12H13IN2O. The van der Waals surface area contributed by atoms with E-state index in [1.807, 2.05) is 36.7 Å². The zero-order valence-corrected chi connectivity index (χ0v) is 11.0. The third kappa shape index (κ3) is 3.61. The van der Waals surface area contributed by atoms with Crippen LogP contribution in [0.15, 0.2) is 41.1 Å². The van der Waals surface area contributed by atoms with E-state index in [0.717, 1.165) is 29.0 Å².